The van der Waals surface area contributed by atoms with Gasteiger partial charge in [-0.2, -0.15) is 0 Å². The fraction of sp³-hybridized carbons (Fsp3) is 0.455. The number of carboxylic acid groups (broad SMARTS) is 1. The van der Waals surface area contributed by atoms with Crippen molar-refractivity contribution in [2.45, 2.75) is 25.8 Å². The number of carboxylic acids is 1. The van der Waals surface area contributed by atoms with E-state index >= 15 is 0 Å². The summed E-state index contributed by atoms with van der Waals surface area (Å²) in [7, 11) is 0. The molecule has 1 aromatic rings. The van der Waals surface area contributed by atoms with E-state index in [1.807, 2.05) is 0 Å². The van der Waals surface area contributed by atoms with Gasteiger partial charge >= 0.3 is 5.97 Å². The number of aryl methyl sites for hydroxylation is 1. The van der Waals surface area contributed by atoms with Crippen LogP contribution in [-0.4, -0.2) is 27.4 Å². The number of hydrogen-bond donors (Lipinski definition) is 2. The van der Waals surface area contributed by atoms with Gasteiger partial charge in [0.25, 0.3) is 5.56 Å². The van der Waals surface area contributed by atoms with E-state index in [0.717, 1.165) is 12.8 Å². The lowest BCUT2D eigenvalue weighted by molar-refractivity contribution is 0.0694. The second-order valence-corrected chi connectivity index (χ2v) is 3.51. The Hall–Kier alpha value is -1.62. The summed E-state index contributed by atoms with van der Waals surface area (Å²) in [5.41, 5.74) is -0.677. The quantitative estimate of drug-likeness (QED) is 0.699. The van der Waals surface area contributed by atoms with Crippen molar-refractivity contribution in [2.24, 2.45) is 0 Å². The average Bonchev–Trinajstić information content (AvgIpc) is 2.26. The van der Waals surface area contributed by atoms with Gasteiger partial charge in [-0.05, 0) is 31.4 Å². The highest BCUT2D eigenvalue weighted by molar-refractivity contribution is 5.86. The predicted octanol–water partition coefficient (Wildman–Crippen LogP) is 0.709. The molecular formula is C11H15NO4. The Labute approximate surface area is 93.0 Å². The second-order valence-electron chi connectivity index (χ2n) is 3.51. The molecule has 0 aliphatic carbocycles. The number of aromatic nitrogens is 1. The van der Waals surface area contributed by atoms with Crippen molar-refractivity contribution in [3.8, 4) is 0 Å². The van der Waals surface area contributed by atoms with Crippen LogP contribution in [0.15, 0.2) is 23.1 Å². The lowest BCUT2D eigenvalue weighted by Gasteiger charge is -2.05. The third kappa shape index (κ3) is 3.20. The van der Waals surface area contributed by atoms with Gasteiger partial charge in [-0.3, -0.25) is 4.79 Å². The molecular weight excluding hydrogens is 210 g/mol. The maximum Gasteiger partial charge on any atom is 0.341 e. The maximum absolute atomic E-state index is 11.6. The van der Waals surface area contributed by atoms with Gasteiger partial charge in [-0.1, -0.05) is 0 Å². The first-order valence-corrected chi connectivity index (χ1v) is 5.20. The van der Waals surface area contributed by atoms with Crippen LogP contribution in [0, 0.1) is 0 Å². The molecule has 5 nitrogen and oxygen atoms in total. The number of nitrogens with zero attached hydrogens (tertiary/aromatic N) is 1. The molecule has 5 heteroatoms. The highest BCUT2D eigenvalue weighted by Crippen LogP contribution is 1.98. The normalized spacial score (nSPS) is 10.3. The Morgan fingerprint density at radius 3 is 2.69 bits per heavy atom. The molecule has 1 heterocycles. The predicted molar refractivity (Wildman–Crippen MR) is 58.6 cm³/mol. The molecule has 0 unspecified atom stereocenters. The van der Waals surface area contributed by atoms with Crippen molar-refractivity contribution in [1.82, 2.24) is 4.57 Å². The van der Waals surface area contributed by atoms with Crippen molar-refractivity contribution in [3.63, 3.8) is 0 Å². The monoisotopic (exact) mass is 225 g/mol. The van der Waals surface area contributed by atoms with Crippen LogP contribution < -0.4 is 5.56 Å². The number of aliphatic hydroxyl groups excluding tert-OH is 1. The lowest BCUT2D eigenvalue weighted by Crippen LogP contribution is -2.25. The first-order chi connectivity index (χ1) is 7.66. The van der Waals surface area contributed by atoms with Crippen LogP contribution in [0.25, 0.3) is 0 Å². The van der Waals surface area contributed by atoms with Gasteiger partial charge in [-0.25, -0.2) is 4.79 Å². The van der Waals surface area contributed by atoms with Gasteiger partial charge in [0, 0.05) is 19.3 Å². The summed E-state index contributed by atoms with van der Waals surface area (Å²) in [5, 5.41) is 17.3. The number of unbranched alkanes of at least 4 members (excludes halogenated alkanes) is 2. The first-order valence-electron chi connectivity index (χ1n) is 5.20. The molecule has 0 aliphatic rings. The van der Waals surface area contributed by atoms with E-state index in [1.54, 1.807) is 12.3 Å². The molecule has 0 saturated carbocycles. The first kappa shape index (κ1) is 12.4. The Balaban J connectivity index is 2.70. The highest BCUT2D eigenvalue weighted by Gasteiger charge is 2.09. The largest absolute Gasteiger partial charge is 0.477 e. The van der Waals surface area contributed by atoms with Crippen LogP contribution in [0.1, 0.15) is 29.6 Å². The molecule has 0 aliphatic heterocycles. The van der Waals surface area contributed by atoms with Gasteiger partial charge in [0.05, 0.1) is 0 Å². The molecule has 0 aromatic carbocycles. The molecule has 0 atom stereocenters. The summed E-state index contributed by atoms with van der Waals surface area (Å²) in [6.07, 6.45) is 3.85. The van der Waals surface area contributed by atoms with Gasteiger partial charge in [0.15, 0.2) is 0 Å². The Morgan fingerprint density at radius 1 is 1.31 bits per heavy atom. The van der Waals surface area contributed by atoms with E-state index in [4.69, 9.17) is 10.2 Å². The summed E-state index contributed by atoms with van der Waals surface area (Å²) in [6, 6.07) is 2.85. The SMILES string of the molecule is O=C(O)c1cccn(CCCCCO)c1=O. The number of aliphatic hydroxyl groups is 1. The summed E-state index contributed by atoms with van der Waals surface area (Å²) in [5.74, 6) is -1.20. The maximum atomic E-state index is 11.6. The summed E-state index contributed by atoms with van der Waals surface area (Å²) >= 11 is 0. The van der Waals surface area contributed by atoms with E-state index < -0.39 is 11.5 Å². The van der Waals surface area contributed by atoms with Crippen LogP contribution in [-0.2, 0) is 6.54 Å². The van der Waals surface area contributed by atoms with Crippen molar-refractivity contribution < 1.29 is 15.0 Å². The van der Waals surface area contributed by atoms with Gasteiger partial charge in [0.1, 0.15) is 5.56 Å². The average molecular weight is 225 g/mol. The van der Waals surface area contributed by atoms with E-state index in [9.17, 15) is 9.59 Å². The summed E-state index contributed by atoms with van der Waals surface area (Å²) in [4.78, 5) is 22.3. The molecule has 88 valence electrons. The van der Waals surface area contributed by atoms with Crippen LogP contribution in [0.3, 0.4) is 0 Å². The minimum absolute atomic E-state index is 0.143. The molecule has 0 bridgehead atoms. The summed E-state index contributed by atoms with van der Waals surface area (Å²) < 4.78 is 1.39. The van der Waals surface area contributed by atoms with Crippen LogP contribution >= 0.6 is 0 Å². The zero-order valence-corrected chi connectivity index (χ0v) is 8.93. The van der Waals surface area contributed by atoms with Crippen molar-refractivity contribution >= 4 is 5.97 Å². The minimum atomic E-state index is -1.20. The van der Waals surface area contributed by atoms with Gasteiger partial charge < -0.3 is 14.8 Å². The molecule has 0 amide bonds. The smallest absolute Gasteiger partial charge is 0.341 e. The number of hydrogen-bond acceptors (Lipinski definition) is 3. The zero-order chi connectivity index (χ0) is 12.0. The molecule has 0 spiro atoms. The molecule has 0 radical (unpaired) electrons. The van der Waals surface area contributed by atoms with Crippen LogP contribution in [0.4, 0.5) is 0 Å². The number of carbonyl (C=O) groups is 1. The fourth-order valence-electron chi connectivity index (χ4n) is 1.45. The standard InChI is InChI=1S/C11H15NO4/c13-8-3-1-2-6-12-7-4-5-9(10(12)14)11(15)16/h4-5,7,13H,1-3,6,8H2,(H,15,16). The van der Waals surface area contributed by atoms with E-state index in [-0.39, 0.29) is 12.2 Å². The van der Waals surface area contributed by atoms with E-state index in [1.165, 1.54) is 10.6 Å². The summed E-state index contributed by atoms with van der Waals surface area (Å²) in [6.45, 7) is 0.629. The molecule has 1 aromatic heterocycles. The fourth-order valence-corrected chi connectivity index (χ4v) is 1.45. The second kappa shape index (κ2) is 6.07. The third-order valence-electron chi connectivity index (χ3n) is 2.31. The molecule has 0 saturated heterocycles. The number of rotatable bonds is 6. The molecule has 0 fully saturated rings. The molecule has 16 heavy (non-hydrogen) atoms. The van der Waals surface area contributed by atoms with Crippen LogP contribution in [0.2, 0.25) is 0 Å². The van der Waals surface area contributed by atoms with Crippen LogP contribution in [0.5, 0.6) is 0 Å². The Bertz CT molecular complexity index is 411. The third-order valence-corrected chi connectivity index (χ3v) is 2.31. The van der Waals surface area contributed by atoms with Crippen molar-refractivity contribution in [3.05, 3.63) is 34.2 Å². The van der Waals surface area contributed by atoms with Gasteiger partial charge in [0.2, 0.25) is 0 Å². The Morgan fingerprint density at radius 2 is 2.06 bits per heavy atom. The van der Waals surface area contributed by atoms with Gasteiger partial charge in [-0.15, -0.1) is 0 Å². The molecule has 2 N–H and O–H groups in total. The minimum Gasteiger partial charge on any atom is -0.477 e. The highest BCUT2D eigenvalue weighted by atomic mass is 16.4. The number of pyridine rings is 1. The van der Waals surface area contributed by atoms with Crippen molar-refractivity contribution in [2.75, 3.05) is 6.61 Å². The Kier molecular flexibility index (Phi) is 4.72. The number of aromatic carboxylic acids is 1. The van der Waals surface area contributed by atoms with Crippen molar-refractivity contribution in [1.29, 1.82) is 0 Å². The zero-order valence-electron chi connectivity index (χ0n) is 8.93. The van der Waals surface area contributed by atoms with E-state index in [2.05, 4.69) is 0 Å². The molecule has 1 rings (SSSR count). The lowest BCUT2D eigenvalue weighted by atomic mass is 10.2. The topological polar surface area (TPSA) is 79.5 Å². The van der Waals surface area contributed by atoms with E-state index in [0.29, 0.717) is 13.0 Å².